The normalized spacial score (nSPS) is 12.7. The summed E-state index contributed by atoms with van der Waals surface area (Å²) in [4.78, 5) is 131. The van der Waals surface area contributed by atoms with Crippen molar-refractivity contribution in [2.24, 2.45) is 11.8 Å². The number of ketones is 3. The number of unbranched alkanes of at least 4 members (excludes halogenated alkanes) is 10. The minimum Gasteiger partial charge on any atom is -0.481 e. The van der Waals surface area contributed by atoms with E-state index in [1.807, 2.05) is 6.92 Å². The molecule has 4 atom stereocenters. The van der Waals surface area contributed by atoms with Crippen LogP contribution < -0.4 is 21.3 Å². The molecule has 0 radical (unpaired) electrons. The number of nitrogens with one attached hydrogen (secondary N) is 4. The summed E-state index contributed by atoms with van der Waals surface area (Å²) in [6, 6.07) is -2.52. The van der Waals surface area contributed by atoms with E-state index < -0.39 is 78.4 Å². The molecule has 0 bridgehead atoms. The van der Waals surface area contributed by atoms with Gasteiger partial charge in [0.15, 0.2) is 5.78 Å². The number of hydrogen-bond acceptors (Lipinski definition) is 15. The van der Waals surface area contributed by atoms with Crippen LogP contribution in [-0.2, 0) is 71.7 Å². The average Bonchev–Trinajstić information content (AvgIpc) is 3.34. The van der Waals surface area contributed by atoms with Gasteiger partial charge in [-0.3, -0.25) is 43.2 Å². The Morgan fingerprint density at radius 3 is 1.47 bits per heavy atom. The highest BCUT2D eigenvalue weighted by Crippen LogP contribution is 2.15. The Bertz CT molecular complexity index is 1700. The first-order valence-corrected chi connectivity index (χ1v) is 26.2. The van der Waals surface area contributed by atoms with E-state index in [4.69, 9.17) is 24.1 Å². The molecule has 0 aliphatic carbocycles. The molecule has 0 unspecified atom stereocenters. The summed E-state index contributed by atoms with van der Waals surface area (Å²) in [5, 5.41) is 47.4. The van der Waals surface area contributed by atoms with Crippen LogP contribution in [0, 0.1) is 11.8 Å². The van der Waals surface area contributed by atoms with Gasteiger partial charge >= 0.3 is 23.9 Å². The monoisotopic (exact) mass is 1060 g/mol. The van der Waals surface area contributed by atoms with Crippen molar-refractivity contribution in [1.29, 1.82) is 0 Å². The summed E-state index contributed by atoms with van der Waals surface area (Å²) >= 11 is 0. The molecular formula is C51H86N4O19. The third-order valence-corrected chi connectivity index (χ3v) is 11.9. The van der Waals surface area contributed by atoms with Gasteiger partial charge in [0.25, 0.3) is 0 Å². The van der Waals surface area contributed by atoms with E-state index in [0.717, 1.165) is 57.8 Å². The number of ether oxygens (including phenoxy) is 4. The summed E-state index contributed by atoms with van der Waals surface area (Å²) in [5.74, 6) is -8.37. The lowest BCUT2D eigenvalue weighted by atomic mass is 9.97. The highest BCUT2D eigenvalue weighted by molar-refractivity contribution is 5.87. The van der Waals surface area contributed by atoms with Crippen molar-refractivity contribution in [3.8, 4) is 0 Å². The maximum Gasteiger partial charge on any atom is 0.326 e. The van der Waals surface area contributed by atoms with Crippen LogP contribution in [-0.4, -0.2) is 163 Å². The highest BCUT2D eigenvalue weighted by Gasteiger charge is 2.26. The van der Waals surface area contributed by atoms with Crippen molar-refractivity contribution in [2.45, 2.75) is 180 Å². The molecule has 23 nitrogen and oxygen atoms in total. The van der Waals surface area contributed by atoms with Crippen LogP contribution in [0.2, 0.25) is 0 Å². The molecule has 0 rings (SSSR count). The van der Waals surface area contributed by atoms with Gasteiger partial charge in [0, 0.05) is 70.6 Å². The largest absolute Gasteiger partial charge is 0.481 e. The Balaban J connectivity index is 3.99. The van der Waals surface area contributed by atoms with E-state index in [1.54, 1.807) is 0 Å². The van der Waals surface area contributed by atoms with Crippen LogP contribution in [0.4, 0.5) is 0 Å². The molecule has 0 aliphatic heterocycles. The van der Waals surface area contributed by atoms with E-state index in [1.165, 1.54) is 6.92 Å². The van der Waals surface area contributed by atoms with Crippen molar-refractivity contribution >= 4 is 64.9 Å². The lowest BCUT2D eigenvalue weighted by molar-refractivity contribution is -0.145. The van der Waals surface area contributed by atoms with E-state index in [0.29, 0.717) is 38.6 Å². The smallest absolute Gasteiger partial charge is 0.326 e. The summed E-state index contributed by atoms with van der Waals surface area (Å²) < 4.78 is 21.3. The minimum absolute atomic E-state index is 0.0000998. The van der Waals surface area contributed by atoms with Gasteiger partial charge < -0.3 is 60.6 Å². The molecule has 0 saturated heterocycles. The Morgan fingerprint density at radius 1 is 0.405 bits per heavy atom. The molecule has 0 heterocycles. The molecular weight excluding hydrogens is 973 g/mol. The third kappa shape index (κ3) is 42.0. The molecule has 0 aromatic carbocycles. The van der Waals surface area contributed by atoms with Crippen molar-refractivity contribution < 1.29 is 92.1 Å². The van der Waals surface area contributed by atoms with Gasteiger partial charge in [0.1, 0.15) is 36.9 Å². The second-order valence-electron chi connectivity index (χ2n) is 18.4. The number of rotatable bonds is 52. The number of carbonyl (C=O) groups is 11. The zero-order valence-corrected chi connectivity index (χ0v) is 43.8. The molecule has 8 N–H and O–H groups in total. The Labute approximate surface area is 435 Å². The van der Waals surface area contributed by atoms with Gasteiger partial charge in [-0.1, -0.05) is 64.7 Å². The van der Waals surface area contributed by atoms with Crippen LogP contribution in [0.1, 0.15) is 168 Å². The fourth-order valence-corrected chi connectivity index (χ4v) is 7.25. The third-order valence-electron chi connectivity index (χ3n) is 11.9. The lowest BCUT2D eigenvalue weighted by Gasteiger charge is -2.16. The summed E-state index contributed by atoms with van der Waals surface area (Å²) in [5.41, 5.74) is 0. The van der Waals surface area contributed by atoms with Crippen LogP contribution in [0.5, 0.6) is 0 Å². The second kappa shape index (κ2) is 45.0. The zero-order valence-electron chi connectivity index (χ0n) is 43.8. The van der Waals surface area contributed by atoms with Crippen molar-refractivity contribution in [3.63, 3.8) is 0 Å². The standard InChI is InChI=1S/C51H86N4O19/c1-37(38(2)56)16-13-14-26-52-44(59)25-23-43(51(69)70)55-46(61)24-20-39(49(65)66)34-41(58)35-73-32-31-72-29-27-53-47(62)36-74-33-30-71-28-15-17-40(57)21-22-42(50(67)68)54-45(60)18-11-9-7-5-3-4-6-8-10-12-19-48(63)64/h37,39,42-43H,3-36H2,1-2H3,(H,52,59)(H,53,62)(H,54,60)(H,55,61)(H,63,64)(H,65,66)(H,67,68)(H,69,70)/t37-,39+,42-,43-/m0/s1. The predicted octanol–water partition coefficient (Wildman–Crippen LogP) is 3.94. The van der Waals surface area contributed by atoms with Gasteiger partial charge in [-0.15, -0.1) is 0 Å². The highest BCUT2D eigenvalue weighted by atomic mass is 16.5. The van der Waals surface area contributed by atoms with Crippen molar-refractivity contribution in [3.05, 3.63) is 0 Å². The molecule has 74 heavy (non-hydrogen) atoms. The summed E-state index contributed by atoms with van der Waals surface area (Å²) in [6.07, 6.45) is 11.2. The summed E-state index contributed by atoms with van der Waals surface area (Å²) in [7, 11) is 0. The maximum atomic E-state index is 12.5. The van der Waals surface area contributed by atoms with Gasteiger partial charge in [-0.25, -0.2) is 9.59 Å². The van der Waals surface area contributed by atoms with E-state index >= 15 is 0 Å². The first kappa shape index (κ1) is 68.6. The number of hydrogen-bond donors (Lipinski definition) is 8. The Kier molecular flexibility index (Phi) is 41.8. The SMILES string of the molecule is CC(=O)[C@@H](C)CCCCNC(=O)CC[C@H](NC(=O)CC[C@H](CC(=O)COCCOCCNC(=O)COCCOCCCC(=O)CC[C@H](NC(=O)CCCCCCCCCCCCC(=O)O)C(=O)O)C(=O)O)C(=O)O. The van der Waals surface area contributed by atoms with E-state index in [2.05, 4.69) is 21.3 Å². The van der Waals surface area contributed by atoms with Gasteiger partial charge in [0.05, 0.1) is 39.0 Å². The Morgan fingerprint density at radius 2 is 0.905 bits per heavy atom. The molecule has 23 heteroatoms. The van der Waals surface area contributed by atoms with E-state index in [9.17, 15) is 68.1 Å². The number of Topliss-reactive ketones (excluding diaryl/α,β-unsaturated/α-hetero) is 3. The number of carbonyl (C=O) groups excluding carboxylic acids is 7. The number of amides is 4. The molecule has 0 aromatic rings. The molecule has 0 saturated carbocycles. The zero-order chi connectivity index (χ0) is 55.4. The molecule has 424 valence electrons. The first-order valence-electron chi connectivity index (χ1n) is 26.2. The Hall–Kier alpha value is -5.39. The predicted molar refractivity (Wildman–Crippen MR) is 268 cm³/mol. The van der Waals surface area contributed by atoms with Gasteiger partial charge in [0.2, 0.25) is 23.6 Å². The summed E-state index contributed by atoms with van der Waals surface area (Å²) in [6.45, 7) is 4.01. The maximum absolute atomic E-state index is 12.5. The quantitative estimate of drug-likeness (QED) is 0.0400. The number of carboxylic acid groups (broad SMARTS) is 4. The molecule has 0 fully saturated rings. The molecule has 4 amide bonds. The average molecular weight is 1060 g/mol. The fourth-order valence-electron chi connectivity index (χ4n) is 7.25. The van der Waals surface area contributed by atoms with Gasteiger partial charge in [-0.2, -0.15) is 0 Å². The van der Waals surface area contributed by atoms with Crippen LogP contribution in [0.25, 0.3) is 0 Å². The molecule has 0 aromatic heterocycles. The first-order chi connectivity index (χ1) is 35.3. The number of aliphatic carboxylic acids is 4. The second-order valence-corrected chi connectivity index (χ2v) is 18.4. The van der Waals surface area contributed by atoms with Crippen molar-refractivity contribution in [1.82, 2.24) is 21.3 Å². The fraction of sp³-hybridized carbons (Fsp3) is 0.784. The number of carboxylic acids is 4. The minimum atomic E-state index is -1.37. The molecule has 0 aliphatic rings. The van der Waals surface area contributed by atoms with Crippen LogP contribution in [0.15, 0.2) is 0 Å². The van der Waals surface area contributed by atoms with Crippen molar-refractivity contribution in [2.75, 3.05) is 65.9 Å². The topological polar surface area (TPSA) is 354 Å². The van der Waals surface area contributed by atoms with Crippen LogP contribution >= 0.6 is 0 Å². The van der Waals surface area contributed by atoms with Crippen LogP contribution in [0.3, 0.4) is 0 Å². The van der Waals surface area contributed by atoms with E-state index in [-0.39, 0.29) is 134 Å². The van der Waals surface area contributed by atoms with Gasteiger partial charge in [-0.05, 0) is 58.3 Å². The molecule has 0 spiro atoms. The lowest BCUT2D eigenvalue weighted by Crippen LogP contribution is -2.42.